The summed E-state index contributed by atoms with van der Waals surface area (Å²) in [6.07, 6.45) is 3.50. The maximum Gasteiger partial charge on any atom is 0.494 e. The van der Waals surface area contributed by atoms with Gasteiger partial charge in [0.05, 0.1) is 0 Å². The summed E-state index contributed by atoms with van der Waals surface area (Å²) >= 11 is 0. The van der Waals surface area contributed by atoms with E-state index in [1.54, 1.807) is 0 Å². The molecule has 0 N–H and O–H groups in total. The molecule has 0 spiro atoms. The molecule has 0 aromatic heterocycles. The van der Waals surface area contributed by atoms with Crippen LogP contribution in [0, 0.1) is 17.5 Å². The molecule has 0 aliphatic carbocycles. The van der Waals surface area contributed by atoms with E-state index in [0.717, 1.165) is 29.7 Å². The van der Waals surface area contributed by atoms with Crippen molar-refractivity contribution in [3.8, 4) is 11.1 Å². The predicted molar refractivity (Wildman–Crippen MR) is 117 cm³/mol. The molecule has 0 amide bonds. The van der Waals surface area contributed by atoms with Crippen LogP contribution in [0.25, 0.3) is 11.1 Å². The van der Waals surface area contributed by atoms with Crippen molar-refractivity contribution in [1.29, 1.82) is 0 Å². The highest BCUT2D eigenvalue weighted by Crippen LogP contribution is 2.26. The van der Waals surface area contributed by atoms with E-state index >= 15 is 0 Å². The molecule has 0 saturated carbocycles. The van der Waals surface area contributed by atoms with Crippen LogP contribution in [-0.2, 0) is 15.7 Å². The van der Waals surface area contributed by atoms with Gasteiger partial charge in [0.1, 0.15) is 0 Å². The van der Waals surface area contributed by atoms with Crippen molar-refractivity contribution < 1.29 is 22.5 Å². The van der Waals surface area contributed by atoms with Gasteiger partial charge in [0, 0.05) is 19.1 Å². The first-order valence-electron chi connectivity index (χ1n) is 10.6. The van der Waals surface area contributed by atoms with E-state index in [9.17, 15) is 13.2 Å². The summed E-state index contributed by atoms with van der Waals surface area (Å²) in [6.45, 7) is 2.88. The van der Waals surface area contributed by atoms with Gasteiger partial charge in [-0.1, -0.05) is 61.9 Å². The van der Waals surface area contributed by atoms with Crippen molar-refractivity contribution in [2.24, 2.45) is 0 Å². The Labute approximate surface area is 181 Å². The van der Waals surface area contributed by atoms with Crippen molar-refractivity contribution in [3.05, 3.63) is 89.2 Å². The van der Waals surface area contributed by atoms with E-state index in [2.05, 4.69) is 55.5 Å². The van der Waals surface area contributed by atoms with Crippen LogP contribution in [0.2, 0.25) is 0 Å². The van der Waals surface area contributed by atoms with Crippen LogP contribution >= 0.6 is 0 Å². The lowest BCUT2D eigenvalue weighted by molar-refractivity contribution is 0.121. The minimum Gasteiger partial charge on any atom is -0.407 e. The zero-order valence-electron chi connectivity index (χ0n) is 17.4. The maximum absolute atomic E-state index is 13.5. The topological polar surface area (TPSA) is 18.5 Å². The molecule has 1 heterocycles. The van der Waals surface area contributed by atoms with Gasteiger partial charge in [-0.3, -0.25) is 0 Å². The second-order valence-corrected chi connectivity index (χ2v) is 7.92. The van der Waals surface area contributed by atoms with Gasteiger partial charge in [-0.25, -0.2) is 13.2 Å². The number of hydrogen-bond acceptors (Lipinski definition) is 2. The van der Waals surface area contributed by atoms with Gasteiger partial charge in [-0.15, -0.1) is 0 Å². The van der Waals surface area contributed by atoms with Gasteiger partial charge >= 0.3 is 7.12 Å². The first kappa shape index (κ1) is 21.7. The highest BCUT2D eigenvalue weighted by Gasteiger charge is 2.31. The van der Waals surface area contributed by atoms with E-state index in [0.29, 0.717) is 13.2 Å². The SMILES string of the molecule is CCCCc1ccc(-c2ccc(C3COB(c4cc(F)c(F)c(F)c4)OC3)cc2)cc1. The molecule has 3 aromatic carbocycles. The van der Waals surface area contributed by atoms with E-state index < -0.39 is 24.6 Å². The molecule has 1 saturated heterocycles. The third-order valence-electron chi connectivity index (χ3n) is 5.66. The minimum absolute atomic E-state index is 0.0110. The summed E-state index contributed by atoms with van der Waals surface area (Å²) in [5, 5.41) is 0. The van der Waals surface area contributed by atoms with Crippen molar-refractivity contribution in [2.45, 2.75) is 32.1 Å². The lowest BCUT2D eigenvalue weighted by atomic mass is 9.77. The Kier molecular flexibility index (Phi) is 6.78. The van der Waals surface area contributed by atoms with E-state index in [-0.39, 0.29) is 11.4 Å². The summed E-state index contributed by atoms with van der Waals surface area (Å²) in [7, 11) is -0.911. The average molecular weight is 424 g/mol. The number of hydrogen-bond donors (Lipinski definition) is 0. The highest BCUT2D eigenvalue weighted by molar-refractivity contribution is 6.61. The molecule has 1 aliphatic rings. The predicted octanol–water partition coefficient (Wildman–Crippen LogP) is 5.64. The number of unbranched alkanes of at least 4 members (excludes halogenated alkanes) is 1. The zero-order chi connectivity index (χ0) is 21.8. The number of aryl methyl sites for hydroxylation is 1. The molecular formula is C25H24BF3O2. The second kappa shape index (κ2) is 9.71. The Bertz CT molecular complexity index is 991. The zero-order valence-corrected chi connectivity index (χ0v) is 17.4. The lowest BCUT2D eigenvalue weighted by Gasteiger charge is -2.28. The normalized spacial score (nSPS) is 14.8. The fraction of sp³-hybridized carbons (Fsp3) is 0.280. The average Bonchev–Trinajstić information content (AvgIpc) is 2.81. The van der Waals surface area contributed by atoms with Gasteiger partial charge in [0.2, 0.25) is 0 Å². The first-order valence-corrected chi connectivity index (χ1v) is 10.6. The molecule has 2 nitrogen and oxygen atoms in total. The molecule has 3 aromatic rings. The van der Waals surface area contributed by atoms with Gasteiger partial charge in [0.15, 0.2) is 17.5 Å². The summed E-state index contributed by atoms with van der Waals surface area (Å²) in [6, 6.07) is 18.7. The fourth-order valence-corrected chi connectivity index (χ4v) is 3.79. The Hall–Kier alpha value is -2.57. The van der Waals surface area contributed by atoms with Crippen LogP contribution in [0.3, 0.4) is 0 Å². The van der Waals surface area contributed by atoms with E-state index in [1.807, 2.05) is 0 Å². The molecular weight excluding hydrogens is 400 g/mol. The Morgan fingerprint density at radius 3 is 1.94 bits per heavy atom. The summed E-state index contributed by atoms with van der Waals surface area (Å²) in [5.74, 6) is -3.98. The quantitative estimate of drug-likeness (QED) is 0.377. The van der Waals surface area contributed by atoms with E-state index in [1.165, 1.54) is 24.0 Å². The van der Waals surface area contributed by atoms with Crippen molar-refractivity contribution >= 4 is 12.6 Å². The Balaban J connectivity index is 1.38. The van der Waals surface area contributed by atoms with Gasteiger partial charge in [-0.2, -0.15) is 0 Å². The van der Waals surface area contributed by atoms with Crippen molar-refractivity contribution in [3.63, 3.8) is 0 Å². The Morgan fingerprint density at radius 1 is 0.839 bits per heavy atom. The molecule has 160 valence electrons. The molecule has 1 aliphatic heterocycles. The summed E-state index contributed by atoms with van der Waals surface area (Å²) < 4.78 is 51.4. The highest BCUT2D eigenvalue weighted by atomic mass is 19.2. The van der Waals surface area contributed by atoms with Gasteiger partial charge in [-0.05, 0) is 52.7 Å². The third-order valence-corrected chi connectivity index (χ3v) is 5.66. The van der Waals surface area contributed by atoms with Gasteiger partial charge < -0.3 is 9.31 Å². The van der Waals surface area contributed by atoms with Gasteiger partial charge in [0.25, 0.3) is 0 Å². The standard InChI is InChI=1S/C25H24BF3O2/c1-2-3-4-17-5-7-18(8-6-17)19-9-11-20(12-10-19)21-15-30-26(31-16-21)22-13-23(27)25(29)24(28)14-22/h5-14,21H,2-4,15-16H2,1H3. The summed E-state index contributed by atoms with van der Waals surface area (Å²) in [5.41, 5.74) is 4.86. The van der Waals surface area contributed by atoms with Crippen LogP contribution in [0.1, 0.15) is 36.8 Å². The second-order valence-electron chi connectivity index (χ2n) is 7.92. The summed E-state index contributed by atoms with van der Waals surface area (Å²) in [4.78, 5) is 0. The first-order chi connectivity index (χ1) is 15.0. The largest absolute Gasteiger partial charge is 0.494 e. The van der Waals surface area contributed by atoms with Crippen molar-refractivity contribution in [1.82, 2.24) is 0 Å². The molecule has 0 unspecified atom stereocenters. The van der Waals surface area contributed by atoms with Crippen LogP contribution in [0.5, 0.6) is 0 Å². The third kappa shape index (κ3) is 5.02. The fourth-order valence-electron chi connectivity index (χ4n) is 3.79. The molecule has 4 rings (SSSR count). The van der Waals surface area contributed by atoms with Crippen molar-refractivity contribution in [2.75, 3.05) is 13.2 Å². The van der Waals surface area contributed by atoms with Crippen LogP contribution < -0.4 is 5.46 Å². The monoisotopic (exact) mass is 424 g/mol. The van der Waals surface area contributed by atoms with Crippen LogP contribution in [-0.4, -0.2) is 20.3 Å². The van der Waals surface area contributed by atoms with Crippen LogP contribution in [0.4, 0.5) is 13.2 Å². The smallest absolute Gasteiger partial charge is 0.407 e. The maximum atomic E-state index is 13.5. The molecule has 31 heavy (non-hydrogen) atoms. The lowest BCUT2D eigenvalue weighted by Crippen LogP contribution is -2.44. The van der Waals surface area contributed by atoms with Crippen LogP contribution in [0.15, 0.2) is 60.7 Å². The number of rotatable bonds is 6. The molecule has 0 bridgehead atoms. The van der Waals surface area contributed by atoms with E-state index in [4.69, 9.17) is 9.31 Å². The number of halogens is 3. The molecule has 1 fully saturated rings. The molecule has 0 radical (unpaired) electrons. The minimum atomic E-state index is -1.49. The number of benzene rings is 3. The Morgan fingerprint density at radius 2 is 1.39 bits per heavy atom. The molecule has 6 heteroatoms. The molecule has 0 atom stereocenters.